The topological polar surface area (TPSA) is 563 Å². The highest BCUT2D eigenvalue weighted by atomic mass is 32.2. The molecule has 0 aliphatic heterocycles. The van der Waals surface area contributed by atoms with Crippen molar-refractivity contribution in [1.29, 1.82) is 0 Å². The summed E-state index contributed by atoms with van der Waals surface area (Å²) in [5.74, 6) is -3.31. The first kappa shape index (κ1) is 131. The molecule has 0 heterocycles. The molecule has 0 fully saturated rings. The first-order chi connectivity index (χ1) is 68.3. The molecule has 0 saturated heterocycles. The number of esters is 5. The average molecular weight is 2110 g/mol. The molecule has 0 bridgehead atoms. The van der Waals surface area contributed by atoms with Gasteiger partial charge in [-0.1, -0.05) is 76.7 Å². The minimum absolute atomic E-state index is 0. The number of ether oxygens (including phenoxy) is 9. The number of methoxy groups -OCH3 is 2. The van der Waals surface area contributed by atoms with Crippen molar-refractivity contribution in [3.05, 3.63) is 194 Å². The van der Waals surface area contributed by atoms with Crippen molar-refractivity contribution in [3.63, 3.8) is 0 Å². The smallest absolute Gasteiger partial charge is 0.310 e. The van der Waals surface area contributed by atoms with E-state index in [1.54, 1.807) is 24.3 Å². The Morgan fingerprint density at radius 3 is 0.814 bits per heavy atom. The monoisotopic (exact) mass is 2110 g/mol. The van der Waals surface area contributed by atoms with Crippen LogP contribution in [0.2, 0.25) is 0 Å². The van der Waals surface area contributed by atoms with Gasteiger partial charge in [-0.3, -0.25) is 58.0 Å². The van der Waals surface area contributed by atoms with Crippen LogP contribution in [0.25, 0.3) is 0 Å². The van der Waals surface area contributed by atoms with Crippen molar-refractivity contribution in [1.82, 2.24) is 24.9 Å². The van der Waals surface area contributed by atoms with Crippen LogP contribution in [0.3, 0.4) is 0 Å². The Morgan fingerprint density at radius 1 is 0.324 bits per heavy atom. The molecule has 0 aliphatic rings. The van der Waals surface area contributed by atoms with Crippen LogP contribution in [-0.4, -0.2) is 262 Å². The highest BCUT2D eigenvalue weighted by molar-refractivity contribution is 7.92. The zero-order chi connectivity index (χ0) is 109. The molecule has 0 aliphatic carbocycles. The van der Waals surface area contributed by atoms with E-state index in [2.05, 4.69) is 98.9 Å². The number of carbonyl (C=O) groups excluding carboxylic acids is 8. The van der Waals surface area contributed by atoms with Gasteiger partial charge in [0.2, 0.25) is 39.3 Å². The number of phenols is 6. The first-order valence-electron chi connectivity index (χ1n) is 46.1. The van der Waals surface area contributed by atoms with Gasteiger partial charge >= 0.3 is 29.8 Å². The van der Waals surface area contributed by atoms with Crippen LogP contribution in [-0.2, 0) is 200 Å². The number of aromatic hydroxyl groups is 6. The van der Waals surface area contributed by atoms with Crippen LogP contribution in [0.5, 0.6) is 40.2 Å². The molecule has 0 radical (unpaired) electrons. The third-order valence-corrected chi connectivity index (χ3v) is 28.5. The molecular weight excluding hydrogens is 1970 g/mol. The summed E-state index contributed by atoms with van der Waals surface area (Å²) >= 11 is 0. The number of aliphatic hydroxyl groups excluding tert-OH is 3. The highest BCUT2D eigenvalue weighted by Crippen LogP contribution is 2.40. The summed E-state index contributed by atoms with van der Waals surface area (Å²) in [7, 11) is -12.1. The van der Waals surface area contributed by atoms with Crippen LogP contribution >= 0.6 is 0 Å². The summed E-state index contributed by atoms with van der Waals surface area (Å²) in [6.07, 6.45) is 0.212. The van der Waals surface area contributed by atoms with E-state index in [-0.39, 0.29) is 200 Å². The van der Waals surface area contributed by atoms with Crippen molar-refractivity contribution in [2.24, 2.45) is 0 Å². The molecule has 8 aromatic rings. The Bertz CT molecular complexity index is 5490. The van der Waals surface area contributed by atoms with Gasteiger partial charge in [0.25, 0.3) is 19.4 Å². The maximum atomic E-state index is 14.3. The van der Waals surface area contributed by atoms with Crippen molar-refractivity contribution in [3.8, 4) is 40.2 Å². The zero-order valence-electron chi connectivity index (χ0n) is 85.0. The third-order valence-electron chi connectivity index (χ3n) is 21.6. The van der Waals surface area contributed by atoms with E-state index in [1.807, 2.05) is 0 Å². The molecule has 0 atom stereocenters. The van der Waals surface area contributed by atoms with Gasteiger partial charge in [-0.25, -0.2) is 33.7 Å². The molecule has 0 amide bonds. The maximum absolute atomic E-state index is 14.3. The molecule has 806 valence electrons. The van der Waals surface area contributed by atoms with Gasteiger partial charge in [-0.15, -0.1) is 0 Å². The number of nitrogens with one attached hydrogen (secondary N) is 1. The molecule has 0 unspecified atom stereocenters. The van der Waals surface area contributed by atoms with Gasteiger partial charge < -0.3 is 93.9 Å². The fraction of sp³-hybridized carbons (Fsp3) is 0.451. The van der Waals surface area contributed by atoms with Crippen LogP contribution in [0.15, 0.2) is 160 Å². The normalized spacial score (nSPS) is 11.0. The average Bonchev–Trinajstić information content (AvgIpc) is 0.765. The maximum Gasteiger partial charge on any atom is 0.310 e. The lowest BCUT2D eigenvalue weighted by Crippen LogP contribution is -2.25. The number of hydrogen-bond donors (Lipinski definition) is 10. The molecule has 0 aromatic heterocycles. The number of carbonyl (C=O) groups is 8. The van der Waals surface area contributed by atoms with Crippen molar-refractivity contribution in [2.45, 2.75) is 235 Å². The third kappa shape index (κ3) is 42.1. The number of aliphatic hydroxyl groups is 3. The number of hydrogen-bond acceptors (Lipinski definition) is 39. The minimum atomic E-state index is -4.40. The fourth-order valence-corrected chi connectivity index (χ4v) is 19.6. The van der Waals surface area contributed by atoms with E-state index in [0.29, 0.717) is 76.3 Å². The molecule has 145 heavy (non-hydrogen) atoms. The summed E-state index contributed by atoms with van der Waals surface area (Å²) in [4.78, 5) is 95.4. The van der Waals surface area contributed by atoms with Gasteiger partial charge in [0.15, 0.2) is 0 Å². The molecule has 10 N–H and O–H groups in total. The fourth-order valence-electron chi connectivity index (χ4n) is 14.0. The number of nitrogens with zero attached hydrogens (tertiary/aromatic N) is 4. The lowest BCUT2D eigenvalue weighted by Gasteiger charge is -2.24. The number of sulfone groups is 4. The second-order valence-electron chi connectivity index (χ2n) is 31.3. The number of benzene rings is 8. The lowest BCUT2D eigenvalue weighted by molar-refractivity contribution is -0.156. The summed E-state index contributed by atoms with van der Waals surface area (Å²) in [6.45, 7) is 35.5. The quantitative estimate of drug-likeness (QED) is 0.00423. The van der Waals surface area contributed by atoms with Gasteiger partial charge in [0, 0.05) is 153 Å². The second-order valence-corrected chi connectivity index (χ2v) is 39.1. The zero-order valence-corrected chi connectivity index (χ0v) is 88.3. The van der Waals surface area contributed by atoms with Crippen molar-refractivity contribution in [2.75, 3.05) is 113 Å². The summed E-state index contributed by atoms with van der Waals surface area (Å²) < 4.78 is 152. The Balaban J connectivity index is 0.000000952. The van der Waals surface area contributed by atoms with Gasteiger partial charge in [0.1, 0.15) is 60.1 Å². The molecule has 0 saturated carbocycles. The summed E-state index contributed by atoms with van der Waals surface area (Å²) in [6, 6.07) is 27.3. The Labute approximate surface area is 851 Å². The van der Waals surface area contributed by atoms with E-state index in [9.17, 15) is 103 Å². The van der Waals surface area contributed by atoms with E-state index in [0.717, 1.165) is 105 Å². The van der Waals surface area contributed by atoms with Crippen molar-refractivity contribution >= 4 is 88.6 Å². The molecule has 39 nitrogen and oxygen atoms in total. The van der Waals surface area contributed by atoms with E-state index >= 15 is 0 Å². The number of rotatable bonds is 50. The molecular formula is C102H145N5O34S4. The Kier molecular flexibility index (Phi) is 61.0. The van der Waals surface area contributed by atoms with Crippen LogP contribution in [0.4, 0.5) is 0 Å². The van der Waals surface area contributed by atoms with E-state index in [4.69, 9.17) is 53.2 Å². The largest absolute Gasteiger partial charge is 0.508 e. The number of phenolic OH excluding ortho intramolecular Hbond substituents is 6. The van der Waals surface area contributed by atoms with Crippen molar-refractivity contribution < 1.29 is 161 Å². The second kappa shape index (κ2) is 67.6. The van der Waals surface area contributed by atoms with Crippen LogP contribution in [0, 0.1) is 0 Å². The molecule has 43 heteroatoms. The van der Waals surface area contributed by atoms with Crippen LogP contribution < -0.4 is 10.1 Å². The Morgan fingerprint density at radius 2 is 0.579 bits per heavy atom. The minimum Gasteiger partial charge on any atom is -0.508 e. The predicted molar refractivity (Wildman–Crippen MR) is 539 cm³/mol. The molecule has 0 spiro atoms. The summed E-state index contributed by atoms with van der Waals surface area (Å²) in [5.41, 5.74) is 4.74. The van der Waals surface area contributed by atoms with E-state index in [1.165, 1.54) is 113 Å². The Hall–Kier alpha value is -12.1. The SMILES string of the molecule is C.CC(=O)OC(C)=O.CC(=O)OCc1cc(S(=O)(=O)c2cc(CCOC=O)c(COC=O)c(CCOC=O)c2)cc(COC(C)=O)c1OC(C)=O.CCN(CC)Cc1cc(S(=O)(=O)c2cc(CN(CC)CC)c(O)c(CN(CC)CC)c2)cc(CN(CC)CC)c1O.CCNCC.CO.COCc1cc(S(=O)(=O)c2cc(CCO)c(O)c(CCO)c2)cc(COC)c1O.O=S(=O)(c1ccc(O)cc1)c1ccc(O)cc1. The van der Waals surface area contributed by atoms with Gasteiger partial charge in [-0.2, -0.15) is 0 Å². The lowest BCUT2D eigenvalue weighted by atomic mass is 9.97. The predicted octanol–water partition coefficient (Wildman–Crippen LogP) is 11.2. The highest BCUT2D eigenvalue weighted by Gasteiger charge is 2.31. The van der Waals surface area contributed by atoms with E-state index < -0.39 is 82.4 Å². The van der Waals surface area contributed by atoms with Gasteiger partial charge in [-0.05, 0) is 227 Å². The summed E-state index contributed by atoms with van der Waals surface area (Å²) in [5, 5.41) is 89.9. The standard InChI is InChI=1S/C32H54N4O4S.C28H30O14S.C20H26O8S.C12H10O4S.C4H11N.C4H6O3.CH4O.CH4/c1-9-33(10-2)21-25-17-29(18-26(31(25)37)22-34(11-3)12-4)41(39,40)30-19-27(23-35(13-5)14-6)32(38)28(20-30)24-36(15-7)16-8;1-18(32)40-12-23-10-26(11-24(13-41-19(2)33)28(23)42-20(3)34)43(35,36)25-8-21(4-6-37-15-29)27(14-39-17-31)22(9-25)5-7-38-16-30;1-27-11-15-9-18(10-16(12-28-2)20(15)24)29(25,26)17-7-13(3-5-21)19(23)14(8-17)4-6-22;13-9-1-5-11(6-2-9)17(15,16)12-7-3-10(14)4-8-12;1-3-5-4-2;1-3(5)7-4(2)6;1-2;/h17-20,37-38H,9-16,21-24H2,1-8H3;8-11,15-17H,4-7,12-14H2,1-3H3;7-10,21-24H,3-6,11-12H2,1-2H3;1-8,13-14H;5H,3-4H2,1-2H3;1-2H3;2H,1H3;1H4. The van der Waals surface area contributed by atoms with Gasteiger partial charge in [0.05, 0.1) is 65.6 Å². The molecule has 8 aromatic carbocycles. The first-order valence-corrected chi connectivity index (χ1v) is 52.1. The molecule has 8 rings (SSSR count). The van der Waals surface area contributed by atoms with Crippen LogP contribution in [0.1, 0.15) is 184 Å².